The molecule has 0 saturated carbocycles. The second kappa shape index (κ2) is 6.98. The molecule has 10 heteroatoms. The van der Waals surface area contributed by atoms with E-state index in [1.54, 1.807) is 5.38 Å². The number of thiazole rings is 1. The van der Waals surface area contributed by atoms with Gasteiger partial charge in [0.2, 0.25) is 10.0 Å². The lowest BCUT2D eigenvalue weighted by Gasteiger charge is -2.03. The third-order valence-corrected chi connectivity index (χ3v) is 5.82. The highest BCUT2D eigenvalue weighted by Gasteiger charge is 2.22. The van der Waals surface area contributed by atoms with Crippen molar-refractivity contribution in [3.63, 3.8) is 0 Å². The normalized spacial score (nSPS) is 12.0. The number of nitrogens with zero attached hydrogens (tertiary/aromatic N) is 3. The zero-order valence-corrected chi connectivity index (χ0v) is 14.7. The molecule has 0 bridgehead atoms. The number of hydrogen-bond acceptors (Lipinski definition) is 5. The number of sulfonamides is 1. The van der Waals surface area contributed by atoms with Gasteiger partial charge in [-0.3, -0.25) is 0 Å². The van der Waals surface area contributed by atoms with E-state index < -0.39 is 16.6 Å². The first kappa shape index (κ1) is 17.6. The highest BCUT2D eigenvalue weighted by Crippen LogP contribution is 2.23. The van der Waals surface area contributed by atoms with Crippen molar-refractivity contribution in [1.82, 2.24) is 19.5 Å². The number of alkyl halides is 2. The van der Waals surface area contributed by atoms with Gasteiger partial charge in [0, 0.05) is 10.9 Å². The van der Waals surface area contributed by atoms with E-state index in [-0.39, 0.29) is 17.1 Å². The number of aryl methyl sites for hydroxylation is 1. The molecular weight excluding hydrogens is 370 g/mol. The van der Waals surface area contributed by atoms with Crippen LogP contribution in [-0.2, 0) is 16.6 Å². The number of nitrogens with one attached hydrogen (secondary N) is 1. The maximum absolute atomic E-state index is 12.6. The van der Waals surface area contributed by atoms with Gasteiger partial charge in [0.15, 0.2) is 0 Å². The molecule has 0 aliphatic heterocycles. The van der Waals surface area contributed by atoms with Gasteiger partial charge in [-0.2, -0.15) is 13.9 Å². The Morgan fingerprint density at radius 3 is 2.64 bits per heavy atom. The van der Waals surface area contributed by atoms with Gasteiger partial charge in [0.1, 0.15) is 9.90 Å². The van der Waals surface area contributed by atoms with Crippen LogP contribution >= 0.6 is 11.3 Å². The molecule has 0 amide bonds. The standard InChI is InChI=1S/C15H14F2N4O2S2/c1-10-13(8-21(20-10)15(16)17)25(22,23)18-7-12-9-24-14(19-12)11-5-3-2-4-6-11/h2-6,8-9,15,18H,7H2,1H3. The van der Waals surface area contributed by atoms with Gasteiger partial charge >= 0.3 is 6.55 Å². The molecule has 0 aliphatic carbocycles. The van der Waals surface area contributed by atoms with Crippen LogP contribution in [0.5, 0.6) is 0 Å². The predicted octanol–water partition coefficient (Wildman–Crippen LogP) is 3.19. The fourth-order valence-corrected chi connectivity index (χ4v) is 4.17. The molecule has 132 valence electrons. The molecule has 0 saturated heterocycles. The van der Waals surface area contributed by atoms with Crippen LogP contribution in [0.15, 0.2) is 46.8 Å². The number of halogens is 2. The fourth-order valence-electron chi connectivity index (χ4n) is 2.18. The Labute approximate surface area is 147 Å². The second-order valence-electron chi connectivity index (χ2n) is 5.17. The summed E-state index contributed by atoms with van der Waals surface area (Å²) in [7, 11) is -3.96. The average Bonchev–Trinajstić information content (AvgIpc) is 3.21. The van der Waals surface area contributed by atoms with Crippen LogP contribution in [0.25, 0.3) is 10.6 Å². The van der Waals surface area contributed by atoms with Crippen LogP contribution < -0.4 is 4.72 Å². The molecule has 2 aromatic heterocycles. The van der Waals surface area contributed by atoms with E-state index in [4.69, 9.17) is 0 Å². The maximum Gasteiger partial charge on any atom is 0.333 e. The molecule has 1 N–H and O–H groups in total. The second-order valence-corrected chi connectivity index (χ2v) is 7.76. The number of benzene rings is 1. The van der Waals surface area contributed by atoms with Crippen LogP contribution in [-0.4, -0.2) is 23.2 Å². The molecule has 0 radical (unpaired) electrons. The van der Waals surface area contributed by atoms with Crippen LogP contribution in [0.4, 0.5) is 8.78 Å². The zero-order valence-electron chi connectivity index (χ0n) is 13.1. The van der Waals surface area contributed by atoms with Gasteiger partial charge in [-0.25, -0.2) is 22.8 Å². The molecule has 0 aliphatic rings. The van der Waals surface area contributed by atoms with Crippen molar-refractivity contribution in [3.05, 3.63) is 53.3 Å². The molecule has 0 fully saturated rings. The number of rotatable bonds is 6. The summed E-state index contributed by atoms with van der Waals surface area (Å²) < 4.78 is 52.6. The summed E-state index contributed by atoms with van der Waals surface area (Å²) in [6, 6.07) is 9.50. The third-order valence-electron chi connectivity index (χ3n) is 3.38. The van der Waals surface area contributed by atoms with Crippen LogP contribution in [0.3, 0.4) is 0 Å². The van der Waals surface area contributed by atoms with Crippen molar-refractivity contribution in [3.8, 4) is 10.6 Å². The van der Waals surface area contributed by atoms with Crippen molar-refractivity contribution in [1.29, 1.82) is 0 Å². The van der Waals surface area contributed by atoms with E-state index in [2.05, 4.69) is 14.8 Å². The summed E-state index contributed by atoms with van der Waals surface area (Å²) in [6.07, 6.45) is 0.818. The lowest BCUT2D eigenvalue weighted by Crippen LogP contribution is -2.23. The lowest BCUT2D eigenvalue weighted by molar-refractivity contribution is 0.0561. The quantitative estimate of drug-likeness (QED) is 0.708. The molecule has 25 heavy (non-hydrogen) atoms. The van der Waals surface area contributed by atoms with Crippen molar-refractivity contribution in [2.24, 2.45) is 0 Å². The van der Waals surface area contributed by atoms with Gasteiger partial charge < -0.3 is 0 Å². The molecule has 3 rings (SSSR count). The van der Waals surface area contributed by atoms with E-state index in [1.807, 2.05) is 30.3 Å². The largest absolute Gasteiger partial charge is 0.333 e. The predicted molar refractivity (Wildman–Crippen MR) is 89.8 cm³/mol. The molecule has 0 atom stereocenters. The van der Waals surface area contributed by atoms with E-state index in [1.165, 1.54) is 18.3 Å². The minimum absolute atomic E-state index is 0.0102. The first-order valence-electron chi connectivity index (χ1n) is 7.20. The topological polar surface area (TPSA) is 76.9 Å². The summed E-state index contributed by atoms with van der Waals surface area (Å²) in [4.78, 5) is 4.11. The van der Waals surface area contributed by atoms with E-state index in [0.717, 1.165) is 16.8 Å². The zero-order chi connectivity index (χ0) is 18.0. The highest BCUT2D eigenvalue weighted by atomic mass is 32.2. The van der Waals surface area contributed by atoms with Gasteiger partial charge in [-0.15, -0.1) is 11.3 Å². The summed E-state index contributed by atoms with van der Waals surface area (Å²) in [6.45, 7) is -1.57. The minimum atomic E-state index is -3.96. The van der Waals surface area contributed by atoms with Crippen LogP contribution in [0.1, 0.15) is 17.9 Å². The van der Waals surface area contributed by atoms with Gasteiger partial charge in [-0.05, 0) is 6.92 Å². The fraction of sp³-hybridized carbons (Fsp3) is 0.200. The number of hydrogen-bond donors (Lipinski definition) is 1. The van der Waals surface area contributed by atoms with Crippen molar-refractivity contribution in [2.75, 3.05) is 0 Å². The summed E-state index contributed by atoms with van der Waals surface area (Å²) in [5.74, 6) is 0. The van der Waals surface area contributed by atoms with Gasteiger partial charge in [0.05, 0.1) is 24.1 Å². The van der Waals surface area contributed by atoms with Crippen molar-refractivity contribution in [2.45, 2.75) is 24.9 Å². The molecule has 1 aromatic carbocycles. The first-order valence-corrected chi connectivity index (χ1v) is 9.56. The van der Waals surface area contributed by atoms with Gasteiger partial charge in [-0.1, -0.05) is 30.3 Å². The summed E-state index contributed by atoms with van der Waals surface area (Å²) in [5, 5.41) is 6.03. The van der Waals surface area contributed by atoms with E-state index in [0.29, 0.717) is 10.4 Å². The van der Waals surface area contributed by atoms with E-state index >= 15 is 0 Å². The summed E-state index contributed by atoms with van der Waals surface area (Å²) >= 11 is 1.40. The smallest absolute Gasteiger partial charge is 0.240 e. The SMILES string of the molecule is Cc1nn(C(F)F)cc1S(=O)(=O)NCc1csc(-c2ccccc2)n1. The Kier molecular flexibility index (Phi) is 4.93. The summed E-state index contributed by atoms with van der Waals surface area (Å²) in [5.41, 5.74) is 1.50. The van der Waals surface area contributed by atoms with Crippen molar-refractivity contribution < 1.29 is 17.2 Å². The molecular formula is C15H14F2N4O2S2. The van der Waals surface area contributed by atoms with Crippen LogP contribution in [0, 0.1) is 6.92 Å². The molecule has 6 nitrogen and oxygen atoms in total. The van der Waals surface area contributed by atoms with E-state index in [9.17, 15) is 17.2 Å². The first-order chi connectivity index (χ1) is 11.9. The minimum Gasteiger partial charge on any atom is -0.240 e. The monoisotopic (exact) mass is 384 g/mol. The number of aromatic nitrogens is 3. The van der Waals surface area contributed by atoms with Crippen LogP contribution in [0.2, 0.25) is 0 Å². The van der Waals surface area contributed by atoms with Crippen molar-refractivity contribution >= 4 is 21.4 Å². The molecule has 3 aromatic rings. The Hall–Kier alpha value is -2.17. The molecule has 0 unspecified atom stereocenters. The Balaban J connectivity index is 1.74. The lowest BCUT2D eigenvalue weighted by atomic mass is 10.2. The van der Waals surface area contributed by atoms with Gasteiger partial charge in [0.25, 0.3) is 0 Å². The Morgan fingerprint density at radius 1 is 1.28 bits per heavy atom. The molecule has 2 heterocycles. The highest BCUT2D eigenvalue weighted by molar-refractivity contribution is 7.89. The average molecular weight is 384 g/mol. The third kappa shape index (κ3) is 3.91. The molecule has 0 spiro atoms. The Bertz CT molecular complexity index is 969. The Morgan fingerprint density at radius 2 is 2.00 bits per heavy atom. The maximum atomic E-state index is 12.6.